The molecular formula is C15H30N2O. The van der Waals surface area contributed by atoms with Crippen LogP contribution in [0.5, 0.6) is 0 Å². The van der Waals surface area contributed by atoms with Gasteiger partial charge in [0.25, 0.3) is 0 Å². The van der Waals surface area contributed by atoms with Crippen molar-refractivity contribution in [3.63, 3.8) is 0 Å². The van der Waals surface area contributed by atoms with Crippen molar-refractivity contribution in [1.29, 1.82) is 0 Å². The quantitative estimate of drug-likeness (QED) is 0.832. The Morgan fingerprint density at radius 1 is 1.28 bits per heavy atom. The third-order valence-electron chi connectivity index (χ3n) is 5.19. The van der Waals surface area contributed by atoms with Crippen LogP contribution >= 0.6 is 0 Å². The molecular weight excluding hydrogens is 224 g/mol. The molecule has 2 heterocycles. The van der Waals surface area contributed by atoms with E-state index in [1.165, 1.54) is 38.9 Å². The lowest BCUT2D eigenvalue weighted by molar-refractivity contribution is -0.00722. The standard InChI is InChI=1S/C15H30N2O/c1-12(18)15(2,3)11-17-9-7-14-13(10-17)6-5-8-16(14)4/h12-14,18H,5-11H2,1-4H3. The van der Waals surface area contributed by atoms with Gasteiger partial charge in [-0.2, -0.15) is 0 Å². The van der Waals surface area contributed by atoms with E-state index >= 15 is 0 Å². The zero-order chi connectivity index (χ0) is 13.3. The number of fused-ring (bicyclic) bond motifs is 1. The van der Waals surface area contributed by atoms with Crippen molar-refractivity contribution in [2.75, 3.05) is 33.2 Å². The lowest BCUT2D eigenvalue weighted by Gasteiger charge is -2.47. The van der Waals surface area contributed by atoms with Gasteiger partial charge in [0.2, 0.25) is 0 Å². The zero-order valence-electron chi connectivity index (χ0n) is 12.5. The van der Waals surface area contributed by atoms with Crippen LogP contribution < -0.4 is 0 Å². The highest BCUT2D eigenvalue weighted by Gasteiger charge is 2.36. The molecule has 18 heavy (non-hydrogen) atoms. The van der Waals surface area contributed by atoms with Crippen LogP contribution in [0.15, 0.2) is 0 Å². The summed E-state index contributed by atoms with van der Waals surface area (Å²) in [5.74, 6) is 0.849. The largest absolute Gasteiger partial charge is 0.393 e. The van der Waals surface area contributed by atoms with E-state index in [2.05, 4.69) is 30.7 Å². The summed E-state index contributed by atoms with van der Waals surface area (Å²) in [6.45, 7) is 11.0. The molecule has 2 saturated heterocycles. The van der Waals surface area contributed by atoms with Crippen molar-refractivity contribution in [2.45, 2.75) is 52.2 Å². The van der Waals surface area contributed by atoms with Crippen molar-refractivity contribution in [3.8, 4) is 0 Å². The summed E-state index contributed by atoms with van der Waals surface area (Å²) in [4.78, 5) is 5.14. The Hall–Kier alpha value is -0.120. The predicted molar refractivity (Wildman–Crippen MR) is 75.7 cm³/mol. The Balaban J connectivity index is 1.91. The molecule has 3 unspecified atom stereocenters. The number of piperidine rings is 2. The van der Waals surface area contributed by atoms with Crippen molar-refractivity contribution < 1.29 is 5.11 Å². The molecule has 0 radical (unpaired) electrons. The second-order valence-corrected chi connectivity index (χ2v) is 7.14. The molecule has 0 saturated carbocycles. The van der Waals surface area contributed by atoms with Gasteiger partial charge in [-0.05, 0) is 52.2 Å². The van der Waals surface area contributed by atoms with Gasteiger partial charge in [-0.15, -0.1) is 0 Å². The molecule has 0 bridgehead atoms. The fraction of sp³-hybridized carbons (Fsp3) is 1.00. The molecule has 2 fully saturated rings. The lowest BCUT2D eigenvalue weighted by Crippen LogP contribution is -2.54. The van der Waals surface area contributed by atoms with Crippen LogP contribution in [0.2, 0.25) is 0 Å². The Bertz CT molecular complexity index is 278. The van der Waals surface area contributed by atoms with Crippen LogP contribution in [0, 0.1) is 11.3 Å². The maximum absolute atomic E-state index is 9.85. The van der Waals surface area contributed by atoms with E-state index in [1.54, 1.807) is 0 Å². The summed E-state index contributed by atoms with van der Waals surface area (Å²) in [6, 6.07) is 0.810. The SMILES string of the molecule is CC(O)C(C)(C)CN1CCC2C(CCCN2C)C1. The van der Waals surface area contributed by atoms with Crippen LogP contribution in [0.1, 0.15) is 40.0 Å². The van der Waals surface area contributed by atoms with Gasteiger partial charge in [0.05, 0.1) is 6.10 Å². The number of aliphatic hydroxyl groups excluding tert-OH is 1. The first-order valence-electron chi connectivity index (χ1n) is 7.51. The highest BCUT2D eigenvalue weighted by Crippen LogP contribution is 2.31. The Kier molecular flexibility index (Phi) is 4.35. The minimum absolute atomic E-state index is 0.00735. The molecule has 2 rings (SSSR count). The second-order valence-electron chi connectivity index (χ2n) is 7.14. The average Bonchev–Trinajstić information content (AvgIpc) is 2.28. The Morgan fingerprint density at radius 2 is 2.00 bits per heavy atom. The monoisotopic (exact) mass is 254 g/mol. The minimum Gasteiger partial charge on any atom is -0.393 e. The molecule has 3 nitrogen and oxygen atoms in total. The molecule has 1 N–H and O–H groups in total. The molecule has 3 heteroatoms. The smallest absolute Gasteiger partial charge is 0.0575 e. The predicted octanol–water partition coefficient (Wildman–Crippen LogP) is 1.81. The molecule has 2 aliphatic rings. The number of hydrogen-bond acceptors (Lipinski definition) is 3. The molecule has 0 aromatic carbocycles. The summed E-state index contributed by atoms with van der Waals surface area (Å²) in [6.07, 6.45) is 3.81. The number of rotatable bonds is 3. The first-order valence-corrected chi connectivity index (χ1v) is 7.51. The maximum Gasteiger partial charge on any atom is 0.0575 e. The van der Waals surface area contributed by atoms with Gasteiger partial charge in [0.15, 0.2) is 0 Å². The molecule has 0 aromatic rings. The summed E-state index contributed by atoms with van der Waals surface area (Å²) in [5, 5.41) is 9.85. The van der Waals surface area contributed by atoms with E-state index in [0.717, 1.165) is 18.5 Å². The van der Waals surface area contributed by atoms with Crippen LogP contribution in [0.4, 0.5) is 0 Å². The van der Waals surface area contributed by atoms with Crippen molar-refractivity contribution in [1.82, 2.24) is 9.80 Å². The zero-order valence-corrected chi connectivity index (χ0v) is 12.5. The summed E-state index contributed by atoms with van der Waals surface area (Å²) >= 11 is 0. The number of hydrogen-bond donors (Lipinski definition) is 1. The van der Waals surface area contributed by atoms with Crippen molar-refractivity contribution in [3.05, 3.63) is 0 Å². The van der Waals surface area contributed by atoms with Crippen LogP contribution in [0.25, 0.3) is 0 Å². The summed E-state index contributed by atoms with van der Waals surface area (Å²) in [7, 11) is 2.28. The highest BCUT2D eigenvalue weighted by atomic mass is 16.3. The highest BCUT2D eigenvalue weighted by molar-refractivity contribution is 4.91. The van der Waals surface area contributed by atoms with Crippen LogP contribution in [-0.2, 0) is 0 Å². The molecule has 0 spiro atoms. The first kappa shape index (κ1) is 14.3. The van der Waals surface area contributed by atoms with Crippen LogP contribution in [0.3, 0.4) is 0 Å². The fourth-order valence-corrected chi connectivity index (χ4v) is 3.58. The van der Waals surface area contributed by atoms with Crippen LogP contribution in [-0.4, -0.2) is 60.3 Å². The third-order valence-corrected chi connectivity index (χ3v) is 5.19. The molecule has 3 atom stereocenters. The van der Waals surface area contributed by atoms with Gasteiger partial charge >= 0.3 is 0 Å². The summed E-state index contributed by atoms with van der Waals surface area (Å²) in [5.41, 5.74) is 0.00735. The number of nitrogens with zero attached hydrogens (tertiary/aromatic N) is 2. The van der Waals surface area contributed by atoms with Gasteiger partial charge in [-0.3, -0.25) is 0 Å². The number of aliphatic hydroxyl groups is 1. The molecule has 2 aliphatic heterocycles. The average molecular weight is 254 g/mol. The van der Waals surface area contributed by atoms with Gasteiger partial charge in [-0.25, -0.2) is 0 Å². The normalized spacial score (nSPS) is 33.2. The first-order chi connectivity index (χ1) is 8.40. The minimum atomic E-state index is -0.232. The summed E-state index contributed by atoms with van der Waals surface area (Å²) < 4.78 is 0. The van der Waals surface area contributed by atoms with E-state index < -0.39 is 0 Å². The Labute approximate surface area is 112 Å². The molecule has 0 amide bonds. The van der Waals surface area contributed by atoms with E-state index in [4.69, 9.17) is 0 Å². The van der Waals surface area contributed by atoms with E-state index in [-0.39, 0.29) is 11.5 Å². The molecule has 0 aliphatic carbocycles. The van der Waals surface area contributed by atoms with Gasteiger partial charge in [0, 0.05) is 24.5 Å². The van der Waals surface area contributed by atoms with Crippen molar-refractivity contribution >= 4 is 0 Å². The van der Waals surface area contributed by atoms with Gasteiger partial charge < -0.3 is 14.9 Å². The van der Waals surface area contributed by atoms with E-state index in [0.29, 0.717) is 0 Å². The fourth-order valence-electron chi connectivity index (χ4n) is 3.58. The Morgan fingerprint density at radius 3 is 2.67 bits per heavy atom. The van der Waals surface area contributed by atoms with E-state index in [9.17, 15) is 5.11 Å². The topological polar surface area (TPSA) is 26.7 Å². The van der Waals surface area contributed by atoms with Gasteiger partial charge in [0.1, 0.15) is 0 Å². The second kappa shape index (κ2) is 5.48. The van der Waals surface area contributed by atoms with Crippen molar-refractivity contribution in [2.24, 2.45) is 11.3 Å². The van der Waals surface area contributed by atoms with Gasteiger partial charge in [-0.1, -0.05) is 13.8 Å². The lowest BCUT2D eigenvalue weighted by atomic mass is 9.81. The van der Waals surface area contributed by atoms with E-state index in [1.807, 2.05) is 6.92 Å². The maximum atomic E-state index is 9.85. The third kappa shape index (κ3) is 3.06. The number of likely N-dealkylation sites (tertiary alicyclic amines) is 2. The molecule has 0 aromatic heterocycles. The molecule has 106 valence electrons.